The number of aliphatic hydroxyl groups excluding tert-OH is 2. The topological polar surface area (TPSA) is 198 Å². The molecule has 0 bridgehead atoms. The molecule has 4 aromatic carbocycles. The van der Waals surface area contributed by atoms with Gasteiger partial charge in [-0.15, -0.1) is 0 Å². The largest absolute Gasteiger partial charge is 0.461 e. The molecule has 77 heavy (non-hydrogen) atoms. The Morgan fingerprint density at radius 1 is 0.610 bits per heavy atom. The lowest BCUT2D eigenvalue weighted by atomic mass is 9.38. The van der Waals surface area contributed by atoms with Gasteiger partial charge in [-0.05, 0) is 173 Å². The van der Waals surface area contributed by atoms with Crippen molar-refractivity contribution in [2.24, 2.45) is 45.8 Å². The molecule has 3 unspecified atom stereocenters. The fraction of sp³-hybridized carbons (Fsp3) is 0.587. The molecule has 4 fully saturated rings. The van der Waals surface area contributed by atoms with Crippen molar-refractivity contribution in [3.8, 4) is 11.5 Å². The van der Waals surface area contributed by atoms with E-state index in [0.29, 0.717) is 38.5 Å². The molecule has 4 aliphatic rings. The van der Waals surface area contributed by atoms with Gasteiger partial charge in [-0.1, -0.05) is 76.2 Å². The summed E-state index contributed by atoms with van der Waals surface area (Å²) in [6.07, 6.45) is 2.50. The van der Waals surface area contributed by atoms with Crippen molar-refractivity contribution in [1.82, 2.24) is 0 Å². The lowest BCUT2D eigenvalue weighted by Crippen LogP contribution is -2.67. The molecule has 0 spiro atoms. The summed E-state index contributed by atoms with van der Waals surface area (Å²) in [6.45, 7) is 19.4. The number of rotatable bonds is 16. The summed E-state index contributed by atoms with van der Waals surface area (Å²) in [5.74, 6) is -3.67. The van der Waals surface area contributed by atoms with E-state index in [2.05, 4.69) is 58.0 Å². The lowest BCUT2D eigenvalue weighted by Gasteiger charge is -2.68. The lowest BCUT2D eigenvalue weighted by molar-refractivity contribution is -0.251. The van der Waals surface area contributed by atoms with E-state index in [1.807, 2.05) is 24.3 Å². The van der Waals surface area contributed by atoms with E-state index in [4.69, 9.17) is 28.4 Å². The summed E-state index contributed by atoms with van der Waals surface area (Å²) < 4.78 is 33.9. The average Bonchev–Trinajstić information content (AvgIpc) is 3.75. The molecule has 0 aliphatic heterocycles. The van der Waals surface area contributed by atoms with Gasteiger partial charge in [0.1, 0.15) is 35.4 Å². The number of esters is 6. The zero-order valence-electron chi connectivity index (χ0n) is 46.7. The number of hydrogen-bond donors (Lipinski definition) is 2. The summed E-state index contributed by atoms with van der Waals surface area (Å²) in [7, 11) is 0. The molecular formula is C63H80O14. The highest BCUT2D eigenvalue weighted by atomic mass is 16.6. The Kier molecular flexibility index (Phi) is 16.7. The number of carbonyl (C=O) groups excluding carboxylic acids is 6. The van der Waals surface area contributed by atoms with Crippen molar-refractivity contribution in [3.63, 3.8) is 0 Å². The second kappa shape index (κ2) is 22.5. The number of fused-ring (bicyclic) bond motifs is 7. The van der Waals surface area contributed by atoms with Gasteiger partial charge in [0, 0.05) is 23.5 Å². The molecule has 0 aromatic heterocycles. The number of benzene rings is 4. The highest BCUT2D eigenvalue weighted by Crippen LogP contribution is 2.73. The van der Waals surface area contributed by atoms with E-state index in [9.17, 15) is 39.0 Å². The third-order valence-electron chi connectivity index (χ3n) is 18.0. The maximum absolute atomic E-state index is 14.1. The Morgan fingerprint density at radius 3 is 1.70 bits per heavy atom. The Labute approximate surface area is 453 Å². The fourth-order valence-electron chi connectivity index (χ4n) is 14.5. The van der Waals surface area contributed by atoms with Crippen LogP contribution in [0.2, 0.25) is 0 Å². The summed E-state index contributed by atoms with van der Waals surface area (Å²) >= 11 is 0. The van der Waals surface area contributed by atoms with Crippen LogP contribution in [0.5, 0.6) is 11.5 Å². The fourth-order valence-corrected chi connectivity index (χ4v) is 14.5. The quantitative estimate of drug-likeness (QED) is 0.0465. The maximum Gasteiger partial charge on any atom is 0.338 e. The Bertz CT molecular complexity index is 2760. The van der Waals surface area contributed by atoms with E-state index < -0.39 is 70.2 Å². The molecule has 4 aromatic rings. The smallest absolute Gasteiger partial charge is 0.338 e. The maximum atomic E-state index is 14.1. The monoisotopic (exact) mass is 1060 g/mol. The molecule has 4 saturated carbocycles. The van der Waals surface area contributed by atoms with Gasteiger partial charge in [0.2, 0.25) is 0 Å². The van der Waals surface area contributed by atoms with Gasteiger partial charge in [0.25, 0.3) is 0 Å². The van der Waals surface area contributed by atoms with Crippen molar-refractivity contribution in [3.05, 3.63) is 83.9 Å². The van der Waals surface area contributed by atoms with Gasteiger partial charge in [-0.3, -0.25) is 24.0 Å². The second-order valence-corrected chi connectivity index (χ2v) is 25.3. The van der Waals surface area contributed by atoms with Crippen molar-refractivity contribution >= 4 is 57.4 Å². The van der Waals surface area contributed by atoms with Crippen LogP contribution in [0.25, 0.3) is 21.5 Å². The molecule has 2 N–H and O–H groups in total. The molecule has 8 rings (SSSR count). The Hall–Kier alpha value is -5.86. The summed E-state index contributed by atoms with van der Waals surface area (Å²) in [4.78, 5) is 78.2. The van der Waals surface area contributed by atoms with E-state index in [0.717, 1.165) is 39.9 Å². The molecule has 416 valence electrons. The minimum Gasteiger partial charge on any atom is -0.461 e. The standard InChI is InChI=1S/C63H80O14/c1-37(19-22-53(66)72-36-47-45-17-13-11-15-38(45)29-39-16-12-14-18-46(39)47)48-20-21-49-62(48,9)52(65)35-50-61(8)28-27-42(32-41(61)33-51(64)63(49,50)10)75-58(71)40-30-43(73-54(67)23-25-56(69)76-59(2,3)4)34-44(31-40)74-55(68)24-26-57(70)77-60(5,6)7/h11-18,29-31,34,37,41-42,48-52,64-65H,19-28,32-33,35-36H2,1-10H3/t37-,41?,42-,48-,49?,50?,51-,52+,61+,62-,63+/m1/s1. The van der Waals surface area contributed by atoms with Crippen LogP contribution >= 0.6 is 0 Å². The first kappa shape index (κ1) is 57.3. The van der Waals surface area contributed by atoms with Crippen LogP contribution in [0.15, 0.2) is 72.8 Å². The summed E-state index contributed by atoms with van der Waals surface area (Å²) in [6, 6.07) is 22.4. The molecule has 4 aliphatic carbocycles. The molecule has 0 amide bonds. The SMILES string of the molecule is C[C@H](CCC(=O)OCc1c2ccccc2cc2ccccc12)[C@H]1CCC2[C@@]3(C)C(C[C@H](O)[C@@]21C)[C@@]1(C)CC[C@@H](OC(=O)c2cc(OC(=O)CCC(=O)OC(C)(C)C)cc(OC(=O)CCC(=O)OC(C)(C)C)c2)CC1C[C@H]3O. The number of ether oxygens (including phenoxy) is 6. The number of carbonyl (C=O) groups is 6. The van der Waals surface area contributed by atoms with E-state index >= 15 is 0 Å². The van der Waals surface area contributed by atoms with E-state index in [1.165, 1.54) is 18.2 Å². The first-order valence-electron chi connectivity index (χ1n) is 27.8. The molecule has 0 radical (unpaired) electrons. The molecule has 11 atom stereocenters. The number of aliphatic hydroxyl groups is 2. The third kappa shape index (κ3) is 12.5. The molecule has 14 heteroatoms. The summed E-state index contributed by atoms with van der Waals surface area (Å²) in [5, 5.41) is 29.3. The van der Waals surface area contributed by atoms with Crippen LogP contribution in [0.4, 0.5) is 0 Å². The second-order valence-electron chi connectivity index (χ2n) is 25.3. The van der Waals surface area contributed by atoms with Crippen molar-refractivity contribution in [2.75, 3.05) is 0 Å². The first-order chi connectivity index (χ1) is 36.2. The van der Waals surface area contributed by atoms with Crippen LogP contribution in [-0.4, -0.2) is 75.5 Å². The highest BCUT2D eigenvalue weighted by molar-refractivity contribution is 6.02. The van der Waals surface area contributed by atoms with Crippen LogP contribution < -0.4 is 9.47 Å². The average molecular weight is 1060 g/mol. The van der Waals surface area contributed by atoms with Gasteiger partial charge in [-0.25, -0.2) is 4.79 Å². The first-order valence-corrected chi connectivity index (χ1v) is 27.8. The minimum absolute atomic E-state index is 0.00286. The van der Waals surface area contributed by atoms with Crippen molar-refractivity contribution < 1.29 is 67.4 Å². The molecule has 14 nitrogen and oxygen atoms in total. The third-order valence-corrected chi connectivity index (χ3v) is 18.0. The summed E-state index contributed by atoms with van der Waals surface area (Å²) in [5.41, 5.74) is -1.76. The highest BCUT2D eigenvalue weighted by Gasteiger charge is 2.70. The van der Waals surface area contributed by atoms with E-state index in [-0.39, 0.29) is 96.7 Å². The van der Waals surface area contributed by atoms with Crippen LogP contribution in [0, 0.1) is 45.8 Å². The number of hydrogen-bond acceptors (Lipinski definition) is 14. The van der Waals surface area contributed by atoms with Gasteiger partial charge < -0.3 is 38.6 Å². The Balaban J connectivity index is 0.907. The molecular weight excluding hydrogens is 981 g/mol. The van der Waals surface area contributed by atoms with Crippen LogP contribution in [0.3, 0.4) is 0 Å². The zero-order chi connectivity index (χ0) is 55.8. The zero-order valence-corrected chi connectivity index (χ0v) is 46.7. The van der Waals surface area contributed by atoms with Crippen LogP contribution in [-0.2, 0) is 49.5 Å². The van der Waals surface area contributed by atoms with E-state index in [1.54, 1.807) is 41.5 Å². The van der Waals surface area contributed by atoms with Gasteiger partial charge in [0.05, 0.1) is 43.5 Å². The van der Waals surface area contributed by atoms with Gasteiger partial charge in [0.15, 0.2) is 0 Å². The Morgan fingerprint density at radius 2 is 1.14 bits per heavy atom. The predicted octanol–water partition coefficient (Wildman–Crippen LogP) is 11.7. The van der Waals surface area contributed by atoms with Crippen LogP contribution in [0.1, 0.15) is 169 Å². The molecule has 0 heterocycles. The van der Waals surface area contributed by atoms with Crippen molar-refractivity contribution in [2.45, 2.75) is 189 Å². The normalized spacial score (nSPS) is 28.3. The van der Waals surface area contributed by atoms with Crippen molar-refractivity contribution in [1.29, 1.82) is 0 Å². The predicted molar refractivity (Wildman–Crippen MR) is 289 cm³/mol. The van der Waals surface area contributed by atoms with Gasteiger partial charge >= 0.3 is 35.8 Å². The molecule has 0 saturated heterocycles. The minimum atomic E-state index is -0.784. The van der Waals surface area contributed by atoms with Gasteiger partial charge in [-0.2, -0.15) is 0 Å².